The van der Waals surface area contributed by atoms with Crippen LogP contribution in [0.1, 0.15) is 31.9 Å². The number of rotatable bonds is 7. The quantitative estimate of drug-likeness (QED) is 0.806. The van der Waals surface area contributed by atoms with Crippen molar-refractivity contribution < 1.29 is 9.18 Å². The predicted molar refractivity (Wildman–Crippen MR) is 90.5 cm³/mol. The number of hydrogen-bond donors (Lipinski definition) is 2. The van der Waals surface area contributed by atoms with Crippen molar-refractivity contribution >= 4 is 18.3 Å². The molecule has 4 nitrogen and oxygen atoms in total. The van der Waals surface area contributed by atoms with Crippen molar-refractivity contribution in [1.29, 1.82) is 0 Å². The van der Waals surface area contributed by atoms with Gasteiger partial charge < -0.3 is 16.0 Å². The Balaban J connectivity index is 0.00000441. The maximum atomic E-state index is 13.3. The Labute approximate surface area is 138 Å². The summed E-state index contributed by atoms with van der Waals surface area (Å²) >= 11 is 0. The zero-order chi connectivity index (χ0) is 16.0. The summed E-state index contributed by atoms with van der Waals surface area (Å²) in [6.45, 7) is 4.37. The van der Waals surface area contributed by atoms with Gasteiger partial charge in [-0.1, -0.05) is 32.4 Å². The minimum absolute atomic E-state index is 0. The van der Waals surface area contributed by atoms with E-state index in [2.05, 4.69) is 5.32 Å². The van der Waals surface area contributed by atoms with Crippen molar-refractivity contribution in [1.82, 2.24) is 10.2 Å². The van der Waals surface area contributed by atoms with E-state index < -0.39 is 6.04 Å². The molecule has 0 heterocycles. The lowest BCUT2D eigenvalue weighted by atomic mass is 9.99. The molecule has 0 saturated carbocycles. The van der Waals surface area contributed by atoms with Crippen LogP contribution < -0.4 is 11.1 Å². The molecular weight excluding hydrogens is 305 g/mol. The SMILES string of the molecule is CCC(C)C(N)C(=O)NCC(c1cccc(F)c1)N(C)C.Cl. The number of benzene rings is 1. The van der Waals surface area contributed by atoms with Crippen molar-refractivity contribution in [2.24, 2.45) is 11.7 Å². The van der Waals surface area contributed by atoms with Crippen LogP contribution in [0.2, 0.25) is 0 Å². The van der Waals surface area contributed by atoms with E-state index in [1.54, 1.807) is 6.07 Å². The monoisotopic (exact) mass is 331 g/mol. The van der Waals surface area contributed by atoms with E-state index in [-0.39, 0.29) is 36.1 Å². The van der Waals surface area contributed by atoms with E-state index in [0.717, 1.165) is 12.0 Å². The molecule has 126 valence electrons. The molecule has 1 rings (SSSR count). The van der Waals surface area contributed by atoms with Crippen LogP contribution in [-0.2, 0) is 4.79 Å². The summed E-state index contributed by atoms with van der Waals surface area (Å²) in [6.07, 6.45) is 0.857. The minimum Gasteiger partial charge on any atom is -0.353 e. The first kappa shape index (κ1) is 20.8. The molecule has 3 atom stereocenters. The van der Waals surface area contributed by atoms with Crippen LogP contribution in [0.3, 0.4) is 0 Å². The Bertz CT molecular complexity index is 470. The van der Waals surface area contributed by atoms with Gasteiger partial charge in [0.05, 0.1) is 12.1 Å². The number of hydrogen-bond acceptors (Lipinski definition) is 3. The number of nitrogens with one attached hydrogen (secondary N) is 1. The van der Waals surface area contributed by atoms with Gasteiger partial charge in [-0.3, -0.25) is 4.79 Å². The molecule has 3 unspecified atom stereocenters. The van der Waals surface area contributed by atoms with Crippen LogP contribution in [0.25, 0.3) is 0 Å². The van der Waals surface area contributed by atoms with Crippen molar-refractivity contribution in [3.8, 4) is 0 Å². The Kier molecular flexibility index (Phi) is 9.25. The van der Waals surface area contributed by atoms with Crippen molar-refractivity contribution in [2.45, 2.75) is 32.4 Å². The molecule has 0 bridgehead atoms. The largest absolute Gasteiger partial charge is 0.353 e. The van der Waals surface area contributed by atoms with Crippen LogP contribution >= 0.6 is 12.4 Å². The topological polar surface area (TPSA) is 58.4 Å². The normalized spacial score (nSPS) is 14.9. The molecule has 0 aliphatic rings. The maximum Gasteiger partial charge on any atom is 0.237 e. The predicted octanol–water partition coefficient (Wildman–Crippen LogP) is 2.34. The van der Waals surface area contributed by atoms with Gasteiger partial charge in [-0.15, -0.1) is 12.4 Å². The molecule has 6 heteroatoms. The van der Waals surface area contributed by atoms with Crippen LogP contribution in [0, 0.1) is 11.7 Å². The summed E-state index contributed by atoms with van der Waals surface area (Å²) in [5.74, 6) is -0.299. The molecule has 0 aliphatic carbocycles. The van der Waals surface area contributed by atoms with Crippen molar-refractivity contribution in [3.05, 3.63) is 35.6 Å². The second-order valence-electron chi connectivity index (χ2n) is 5.69. The summed E-state index contributed by atoms with van der Waals surface area (Å²) in [7, 11) is 3.80. The van der Waals surface area contributed by atoms with Gasteiger partial charge in [0.15, 0.2) is 0 Å². The lowest BCUT2D eigenvalue weighted by molar-refractivity contribution is -0.123. The fourth-order valence-corrected chi connectivity index (χ4v) is 2.14. The average Bonchev–Trinajstić information content (AvgIpc) is 2.45. The van der Waals surface area contributed by atoms with E-state index in [4.69, 9.17) is 5.73 Å². The lowest BCUT2D eigenvalue weighted by Crippen LogP contribution is -2.46. The summed E-state index contributed by atoms with van der Waals surface area (Å²) in [5.41, 5.74) is 6.74. The lowest BCUT2D eigenvalue weighted by Gasteiger charge is -2.26. The fourth-order valence-electron chi connectivity index (χ4n) is 2.14. The highest BCUT2D eigenvalue weighted by Crippen LogP contribution is 2.18. The summed E-state index contributed by atoms with van der Waals surface area (Å²) < 4.78 is 13.3. The first-order valence-electron chi connectivity index (χ1n) is 7.32. The number of nitrogens with two attached hydrogens (primary N) is 1. The summed E-state index contributed by atoms with van der Waals surface area (Å²) in [6, 6.07) is 5.83. The molecule has 1 aromatic rings. The third kappa shape index (κ3) is 5.91. The first-order chi connectivity index (χ1) is 9.86. The number of likely N-dealkylation sites (N-methyl/N-ethyl adjacent to an activating group) is 1. The van der Waals surface area contributed by atoms with E-state index in [0.29, 0.717) is 6.54 Å². The Morgan fingerprint density at radius 1 is 1.41 bits per heavy atom. The van der Waals surface area contributed by atoms with E-state index in [1.165, 1.54) is 12.1 Å². The zero-order valence-corrected chi connectivity index (χ0v) is 14.5. The van der Waals surface area contributed by atoms with Gasteiger partial charge in [-0.05, 0) is 37.7 Å². The highest BCUT2D eigenvalue weighted by atomic mass is 35.5. The average molecular weight is 332 g/mol. The van der Waals surface area contributed by atoms with E-state index in [1.807, 2.05) is 38.9 Å². The zero-order valence-electron chi connectivity index (χ0n) is 13.7. The minimum atomic E-state index is -0.509. The van der Waals surface area contributed by atoms with E-state index >= 15 is 0 Å². The van der Waals surface area contributed by atoms with Crippen LogP contribution in [0.4, 0.5) is 4.39 Å². The summed E-state index contributed by atoms with van der Waals surface area (Å²) in [4.78, 5) is 14.0. The molecule has 0 saturated heterocycles. The van der Waals surface area contributed by atoms with Crippen molar-refractivity contribution in [3.63, 3.8) is 0 Å². The van der Waals surface area contributed by atoms with E-state index in [9.17, 15) is 9.18 Å². The van der Waals surface area contributed by atoms with Gasteiger partial charge in [0.25, 0.3) is 0 Å². The molecule has 0 aromatic heterocycles. The highest BCUT2D eigenvalue weighted by Gasteiger charge is 2.21. The molecule has 0 radical (unpaired) electrons. The number of carbonyl (C=O) groups excluding carboxylic acids is 1. The second kappa shape index (κ2) is 9.77. The number of carbonyl (C=O) groups is 1. The third-order valence-electron chi connectivity index (χ3n) is 3.89. The van der Waals surface area contributed by atoms with Gasteiger partial charge in [-0.25, -0.2) is 4.39 Å². The molecule has 3 N–H and O–H groups in total. The van der Waals surface area contributed by atoms with Crippen molar-refractivity contribution in [2.75, 3.05) is 20.6 Å². The van der Waals surface area contributed by atoms with Gasteiger partial charge >= 0.3 is 0 Å². The number of nitrogens with zero attached hydrogens (tertiary/aromatic N) is 1. The second-order valence-corrected chi connectivity index (χ2v) is 5.69. The first-order valence-corrected chi connectivity index (χ1v) is 7.32. The van der Waals surface area contributed by atoms with Gasteiger partial charge in [0.1, 0.15) is 5.82 Å². The highest BCUT2D eigenvalue weighted by molar-refractivity contribution is 5.85. The third-order valence-corrected chi connectivity index (χ3v) is 3.89. The van der Waals surface area contributed by atoms with Crippen LogP contribution in [0.15, 0.2) is 24.3 Å². The molecule has 1 amide bonds. The van der Waals surface area contributed by atoms with Gasteiger partial charge in [0, 0.05) is 6.54 Å². The molecule has 22 heavy (non-hydrogen) atoms. The summed E-state index contributed by atoms with van der Waals surface area (Å²) in [5, 5.41) is 2.87. The Morgan fingerprint density at radius 2 is 2.05 bits per heavy atom. The van der Waals surface area contributed by atoms with Crippen LogP contribution in [0.5, 0.6) is 0 Å². The van der Waals surface area contributed by atoms with Gasteiger partial charge in [0.2, 0.25) is 5.91 Å². The Morgan fingerprint density at radius 3 is 2.55 bits per heavy atom. The fraction of sp³-hybridized carbons (Fsp3) is 0.562. The molecule has 0 fully saturated rings. The smallest absolute Gasteiger partial charge is 0.237 e. The number of amides is 1. The maximum absolute atomic E-state index is 13.3. The standard InChI is InChI=1S/C16H26FN3O.ClH/c1-5-11(2)15(18)16(21)19-10-14(20(3)4)12-7-6-8-13(17)9-12;/h6-9,11,14-15H,5,10,18H2,1-4H3,(H,19,21);1H. The van der Waals surface area contributed by atoms with Crippen LogP contribution in [-0.4, -0.2) is 37.5 Å². The number of halogens is 2. The molecular formula is C16H27ClFN3O. The molecule has 1 aromatic carbocycles. The molecule has 0 spiro atoms. The molecule has 0 aliphatic heterocycles. The Hall–Kier alpha value is -1.17. The van der Waals surface area contributed by atoms with Gasteiger partial charge in [-0.2, -0.15) is 0 Å².